The molecule has 0 spiro atoms. The molecule has 0 unspecified atom stereocenters. The quantitative estimate of drug-likeness (QED) is 0.492. The summed E-state index contributed by atoms with van der Waals surface area (Å²) >= 11 is 0. The van der Waals surface area contributed by atoms with Crippen LogP contribution in [0.25, 0.3) is 0 Å². The Kier molecular flexibility index (Phi) is 5.53. The van der Waals surface area contributed by atoms with Crippen LogP contribution >= 0.6 is 0 Å². The molecule has 0 atom stereocenters. The number of benzene rings is 1. The Labute approximate surface area is 144 Å². The molecule has 1 amide bonds. The standard InChI is InChI=1S/C17H19N3O5/c1-11(2)13-6-4-5-7-14(13)18-16(21)10-25-17(22)15-8-12(20(23)24)9-19(15)3/h4-9,11H,10H2,1-3H3,(H,18,21). The zero-order chi connectivity index (χ0) is 18.6. The van der Waals surface area contributed by atoms with Gasteiger partial charge in [0.15, 0.2) is 6.61 Å². The summed E-state index contributed by atoms with van der Waals surface area (Å²) in [6.45, 7) is 3.53. The number of nitrogens with one attached hydrogen (secondary N) is 1. The molecule has 0 aliphatic heterocycles. The number of nitro groups is 1. The molecular weight excluding hydrogens is 326 g/mol. The molecule has 1 heterocycles. The van der Waals surface area contributed by atoms with Gasteiger partial charge >= 0.3 is 5.97 Å². The smallest absolute Gasteiger partial charge is 0.355 e. The van der Waals surface area contributed by atoms with Crippen molar-refractivity contribution in [3.05, 3.63) is 57.9 Å². The van der Waals surface area contributed by atoms with E-state index in [4.69, 9.17) is 4.74 Å². The van der Waals surface area contributed by atoms with Crippen LogP contribution in [-0.4, -0.2) is 28.0 Å². The van der Waals surface area contributed by atoms with Gasteiger partial charge < -0.3 is 14.6 Å². The fraction of sp³-hybridized carbons (Fsp3) is 0.294. The van der Waals surface area contributed by atoms with E-state index >= 15 is 0 Å². The maximum atomic E-state index is 12.0. The fourth-order valence-corrected chi connectivity index (χ4v) is 2.36. The van der Waals surface area contributed by atoms with Gasteiger partial charge in [-0.25, -0.2) is 4.79 Å². The minimum Gasteiger partial charge on any atom is -0.451 e. The van der Waals surface area contributed by atoms with Gasteiger partial charge in [-0.15, -0.1) is 0 Å². The number of anilines is 1. The Morgan fingerprint density at radius 3 is 2.60 bits per heavy atom. The number of ether oxygens (including phenoxy) is 1. The summed E-state index contributed by atoms with van der Waals surface area (Å²) < 4.78 is 6.23. The second-order valence-corrected chi connectivity index (χ2v) is 5.82. The second kappa shape index (κ2) is 7.61. The summed E-state index contributed by atoms with van der Waals surface area (Å²) in [7, 11) is 1.49. The third-order valence-corrected chi connectivity index (χ3v) is 3.60. The molecule has 0 saturated heterocycles. The zero-order valence-electron chi connectivity index (χ0n) is 14.2. The van der Waals surface area contributed by atoms with Crippen LogP contribution in [-0.2, 0) is 16.6 Å². The molecule has 0 saturated carbocycles. The van der Waals surface area contributed by atoms with Gasteiger partial charge in [0, 0.05) is 18.8 Å². The lowest BCUT2D eigenvalue weighted by Gasteiger charge is -2.13. The van der Waals surface area contributed by atoms with E-state index in [0.717, 1.165) is 11.6 Å². The molecule has 0 fully saturated rings. The molecule has 1 N–H and O–H groups in total. The van der Waals surface area contributed by atoms with E-state index in [-0.39, 0.29) is 17.3 Å². The number of esters is 1. The van der Waals surface area contributed by atoms with Gasteiger partial charge in [-0.2, -0.15) is 0 Å². The Morgan fingerprint density at radius 1 is 1.32 bits per heavy atom. The van der Waals surface area contributed by atoms with E-state index in [1.807, 2.05) is 26.0 Å². The number of hydrogen-bond acceptors (Lipinski definition) is 5. The summed E-state index contributed by atoms with van der Waals surface area (Å²) in [5.74, 6) is -1.06. The van der Waals surface area contributed by atoms with Crippen LogP contribution in [0.2, 0.25) is 0 Å². The topological polar surface area (TPSA) is 103 Å². The maximum Gasteiger partial charge on any atom is 0.355 e. The molecule has 0 bridgehead atoms. The highest BCUT2D eigenvalue weighted by molar-refractivity contribution is 5.95. The van der Waals surface area contributed by atoms with Crippen molar-refractivity contribution < 1.29 is 19.2 Å². The molecule has 132 valence electrons. The van der Waals surface area contributed by atoms with Gasteiger partial charge in [-0.3, -0.25) is 14.9 Å². The van der Waals surface area contributed by atoms with E-state index in [9.17, 15) is 19.7 Å². The molecular formula is C17H19N3O5. The number of carbonyl (C=O) groups excluding carboxylic acids is 2. The van der Waals surface area contributed by atoms with Crippen LogP contribution in [0.15, 0.2) is 36.5 Å². The van der Waals surface area contributed by atoms with Gasteiger partial charge in [0.05, 0.1) is 11.1 Å². The minimum absolute atomic E-state index is 0.00193. The molecule has 1 aromatic carbocycles. The molecule has 2 aromatic rings. The molecule has 8 nitrogen and oxygen atoms in total. The molecule has 0 aliphatic rings. The van der Waals surface area contributed by atoms with Gasteiger partial charge in [0.1, 0.15) is 5.69 Å². The summed E-state index contributed by atoms with van der Waals surface area (Å²) in [4.78, 5) is 34.1. The monoisotopic (exact) mass is 345 g/mol. The number of carbonyl (C=O) groups is 2. The summed E-state index contributed by atoms with van der Waals surface area (Å²) in [5.41, 5.74) is 1.42. The van der Waals surface area contributed by atoms with Crippen molar-refractivity contribution in [1.82, 2.24) is 4.57 Å². The first kappa shape index (κ1) is 18.2. The number of rotatable bonds is 6. The van der Waals surface area contributed by atoms with Crippen molar-refractivity contribution in [3.63, 3.8) is 0 Å². The fourth-order valence-electron chi connectivity index (χ4n) is 2.36. The molecule has 2 rings (SSSR count). The predicted molar refractivity (Wildman–Crippen MR) is 91.5 cm³/mol. The van der Waals surface area contributed by atoms with E-state index < -0.39 is 23.4 Å². The number of hydrogen-bond donors (Lipinski definition) is 1. The molecule has 1 aromatic heterocycles. The average molecular weight is 345 g/mol. The Balaban J connectivity index is 1.98. The van der Waals surface area contributed by atoms with Crippen molar-refractivity contribution in [2.24, 2.45) is 7.05 Å². The average Bonchev–Trinajstić information content (AvgIpc) is 2.95. The van der Waals surface area contributed by atoms with Gasteiger partial charge in [-0.1, -0.05) is 32.0 Å². The van der Waals surface area contributed by atoms with Crippen molar-refractivity contribution in [2.45, 2.75) is 19.8 Å². The molecule has 0 radical (unpaired) electrons. The number of amides is 1. The van der Waals surface area contributed by atoms with Gasteiger partial charge in [-0.05, 0) is 17.5 Å². The van der Waals surface area contributed by atoms with Crippen LogP contribution in [0.4, 0.5) is 11.4 Å². The second-order valence-electron chi connectivity index (χ2n) is 5.82. The normalized spacial score (nSPS) is 10.6. The Morgan fingerprint density at radius 2 is 2.00 bits per heavy atom. The van der Waals surface area contributed by atoms with Gasteiger partial charge in [0.25, 0.3) is 11.6 Å². The lowest BCUT2D eigenvalue weighted by atomic mass is 10.0. The van der Waals surface area contributed by atoms with Crippen LogP contribution in [0.1, 0.15) is 35.8 Å². The summed E-state index contributed by atoms with van der Waals surface area (Å²) in [6.07, 6.45) is 1.20. The third-order valence-electron chi connectivity index (χ3n) is 3.60. The van der Waals surface area contributed by atoms with E-state index in [1.54, 1.807) is 12.1 Å². The van der Waals surface area contributed by atoms with Crippen molar-refractivity contribution in [1.29, 1.82) is 0 Å². The minimum atomic E-state index is -0.803. The lowest BCUT2D eigenvalue weighted by molar-refractivity contribution is -0.384. The Bertz CT molecular complexity index is 810. The zero-order valence-corrected chi connectivity index (χ0v) is 14.2. The van der Waals surface area contributed by atoms with E-state index in [2.05, 4.69) is 5.32 Å². The van der Waals surface area contributed by atoms with E-state index in [1.165, 1.54) is 17.8 Å². The highest BCUT2D eigenvalue weighted by Crippen LogP contribution is 2.23. The first-order valence-corrected chi connectivity index (χ1v) is 7.66. The highest BCUT2D eigenvalue weighted by atomic mass is 16.6. The molecule has 0 aliphatic carbocycles. The van der Waals surface area contributed by atoms with Gasteiger partial charge in [0.2, 0.25) is 0 Å². The first-order chi connectivity index (χ1) is 11.8. The number of aromatic nitrogens is 1. The van der Waals surface area contributed by atoms with Crippen LogP contribution in [0, 0.1) is 10.1 Å². The summed E-state index contributed by atoms with van der Waals surface area (Å²) in [6, 6.07) is 8.48. The highest BCUT2D eigenvalue weighted by Gasteiger charge is 2.19. The first-order valence-electron chi connectivity index (χ1n) is 7.66. The van der Waals surface area contributed by atoms with Crippen molar-refractivity contribution >= 4 is 23.3 Å². The third kappa shape index (κ3) is 4.43. The molecule has 25 heavy (non-hydrogen) atoms. The largest absolute Gasteiger partial charge is 0.451 e. The number of aryl methyl sites for hydroxylation is 1. The SMILES string of the molecule is CC(C)c1ccccc1NC(=O)COC(=O)c1cc([N+](=O)[O-])cn1C. The number of para-hydroxylation sites is 1. The van der Waals surface area contributed by atoms with Crippen LogP contribution in [0.5, 0.6) is 0 Å². The van der Waals surface area contributed by atoms with E-state index in [0.29, 0.717) is 5.69 Å². The molecule has 8 heteroatoms. The Hall–Kier alpha value is -3.16. The lowest BCUT2D eigenvalue weighted by Crippen LogP contribution is -2.22. The summed E-state index contributed by atoms with van der Waals surface area (Å²) in [5, 5.41) is 13.4. The van der Waals surface area contributed by atoms with Crippen molar-refractivity contribution in [2.75, 3.05) is 11.9 Å². The van der Waals surface area contributed by atoms with Crippen LogP contribution in [0.3, 0.4) is 0 Å². The maximum absolute atomic E-state index is 12.0. The number of nitrogens with zero attached hydrogens (tertiary/aromatic N) is 2. The van der Waals surface area contributed by atoms with Crippen molar-refractivity contribution in [3.8, 4) is 0 Å². The van der Waals surface area contributed by atoms with Crippen LogP contribution < -0.4 is 5.32 Å². The predicted octanol–water partition coefficient (Wildman–Crippen LogP) is 2.85.